The van der Waals surface area contributed by atoms with Crippen LogP contribution in [0.1, 0.15) is 30.0 Å². The normalized spacial score (nSPS) is 12.0. The minimum Gasteiger partial charge on any atom is -0.316 e. The highest BCUT2D eigenvalue weighted by molar-refractivity contribution is 7.16. The van der Waals surface area contributed by atoms with Crippen LogP contribution in [-0.2, 0) is 17.8 Å². The Kier molecular flexibility index (Phi) is 4.95. The lowest BCUT2D eigenvalue weighted by atomic mass is 10.1. The Labute approximate surface area is 146 Å². The lowest BCUT2D eigenvalue weighted by Gasteiger charge is -2.05. The average Bonchev–Trinajstić information content (AvgIpc) is 2.86. The number of nitrogens with zero attached hydrogens (tertiary/aromatic N) is 2. The number of aromatic nitrogens is 1. The Hall–Kier alpha value is -2.20. The molecule has 0 bridgehead atoms. The number of rotatable bonds is 4. The first kappa shape index (κ1) is 16.7. The summed E-state index contributed by atoms with van der Waals surface area (Å²) in [6, 6.07) is 14.2. The van der Waals surface area contributed by atoms with Crippen molar-refractivity contribution in [3.05, 3.63) is 64.0 Å². The van der Waals surface area contributed by atoms with E-state index in [-0.39, 0.29) is 5.91 Å². The highest BCUT2D eigenvalue weighted by Crippen LogP contribution is 2.22. The second kappa shape index (κ2) is 7.14. The minimum absolute atomic E-state index is 0.0916. The number of aryl methyl sites for hydroxylation is 3. The van der Waals surface area contributed by atoms with Crippen LogP contribution in [0.5, 0.6) is 0 Å². The molecule has 24 heavy (non-hydrogen) atoms. The number of amides is 1. The predicted octanol–water partition coefficient (Wildman–Crippen LogP) is 4.40. The fraction of sp³-hybridized carbons (Fsp3) is 0.300. The van der Waals surface area contributed by atoms with Crippen LogP contribution in [0.15, 0.2) is 47.5 Å². The van der Waals surface area contributed by atoms with Gasteiger partial charge in [-0.1, -0.05) is 48.6 Å². The number of hydrogen-bond acceptors (Lipinski definition) is 2. The summed E-state index contributed by atoms with van der Waals surface area (Å²) in [5.74, 6) is -0.0916. The maximum atomic E-state index is 12.4. The number of thiazole rings is 1. The largest absolute Gasteiger partial charge is 0.316 e. The summed E-state index contributed by atoms with van der Waals surface area (Å²) < 4.78 is 3.37. The zero-order chi connectivity index (χ0) is 17.1. The van der Waals surface area contributed by atoms with E-state index in [0.29, 0.717) is 6.42 Å². The molecule has 1 heterocycles. The van der Waals surface area contributed by atoms with Gasteiger partial charge in [0.15, 0.2) is 4.80 Å². The van der Waals surface area contributed by atoms with E-state index < -0.39 is 0 Å². The van der Waals surface area contributed by atoms with Crippen LogP contribution in [0, 0.1) is 13.8 Å². The summed E-state index contributed by atoms with van der Waals surface area (Å²) in [4.78, 5) is 17.6. The lowest BCUT2D eigenvalue weighted by Crippen LogP contribution is -2.17. The van der Waals surface area contributed by atoms with Crippen LogP contribution in [0.2, 0.25) is 0 Å². The van der Waals surface area contributed by atoms with Crippen molar-refractivity contribution in [1.82, 2.24) is 4.57 Å². The molecule has 0 atom stereocenters. The number of carbonyl (C=O) groups excluding carboxylic acids is 1. The van der Waals surface area contributed by atoms with E-state index in [4.69, 9.17) is 0 Å². The molecular weight excluding hydrogens is 316 g/mol. The van der Waals surface area contributed by atoms with Gasteiger partial charge in [-0.2, -0.15) is 4.99 Å². The molecule has 1 amide bonds. The molecule has 0 radical (unpaired) electrons. The summed E-state index contributed by atoms with van der Waals surface area (Å²) in [5, 5.41) is 0. The molecule has 1 aromatic heterocycles. The van der Waals surface area contributed by atoms with Crippen molar-refractivity contribution in [2.45, 2.75) is 40.2 Å². The van der Waals surface area contributed by atoms with Gasteiger partial charge in [0, 0.05) is 6.54 Å². The molecule has 3 nitrogen and oxygen atoms in total. The fourth-order valence-corrected chi connectivity index (χ4v) is 3.92. The van der Waals surface area contributed by atoms with Gasteiger partial charge in [0.25, 0.3) is 5.91 Å². The summed E-state index contributed by atoms with van der Waals surface area (Å²) in [5.41, 5.74) is 4.72. The zero-order valence-corrected chi connectivity index (χ0v) is 15.2. The van der Waals surface area contributed by atoms with Gasteiger partial charge >= 0.3 is 0 Å². The number of carbonyl (C=O) groups is 1. The molecular formula is C20H22N2OS. The number of benzene rings is 2. The van der Waals surface area contributed by atoms with Crippen LogP contribution in [-0.4, -0.2) is 10.5 Å². The summed E-state index contributed by atoms with van der Waals surface area (Å²) in [7, 11) is 0. The summed E-state index contributed by atoms with van der Waals surface area (Å²) in [6.45, 7) is 7.27. The van der Waals surface area contributed by atoms with Crippen molar-refractivity contribution in [1.29, 1.82) is 0 Å². The summed E-state index contributed by atoms with van der Waals surface area (Å²) >= 11 is 1.60. The third-order valence-electron chi connectivity index (χ3n) is 4.16. The van der Waals surface area contributed by atoms with Gasteiger partial charge in [0.05, 0.1) is 16.6 Å². The molecule has 2 aromatic carbocycles. The van der Waals surface area contributed by atoms with Crippen LogP contribution >= 0.6 is 11.3 Å². The smallest absolute Gasteiger partial charge is 0.252 e. The van der Waals surface area contributed by atoms with Crippen molar-refractivity contribution in [3.8, 4) is 0 Å². The van der Waals surface area contributed by atoms with Gasteiger partial charge in [-0.3, -0.25) is 4.79 Å². The molecule has 0 fully saturated rings. The van der Waals surface area contributed by atoms with E-state index in [1.165, 1.54) is 21.3 Å². The molecule has 0 aliphatic rings. The molecule has 0 spiro atoms. The van der Waals surface area contributed by atoms with Crippen molar-refractivity contribution < 1.29 is 4.79 Å². The maximum absolute atomic E-state index is 12.4. The third-order valence-corrected chi connectivity index (χ3v) is 5.21. The van der Waals surface area contributed by atoms with E-state index in [9.17, 15) is 4.79 Å². The zero-order valence-electron chi connectivity index (χ0n) is 14.4. The van der Waals surface area contributed by atoms with E-state index >= 15 is 0 Å². The first-order valence-electron chi connectivity index (χ1n) is 8.30. The van der Waals surface area contributed by atoms with Crippen LogP contribution in [0.4, 0.5) is 0 Å². The Morgan fingerprint density at radius 3 is 2.54 bits per heavy atom. The maximum Gasteiger partial charge on any atom is 0.252 e. The van der Waals surface area contributed by atoms with Gasteiger partial charge in [-0.05, 0) is 49.1 Å². The molecule has 3 aromatic rings. The second-order valence-corrected chi connectivity index (χ2v) is 7.12. The second-order valence-electron chi connectivity index (χ2n) is 6.11. The molecule has 0 unspecified atom stereocenters. The van der Waals surface area contributed by atoms with E-state index in [2.05, 4.69) is 42.5 Å². The SMILES string of the molecule is CCCn1c(=NC(=O)Cc2ccccc2)sc2cc(C)c(C)cc21. The van der Waals surface area contributed by atoms with E-state index in [1.54, 1.807) is 11.3 Å². The van der Waals surface area contributed by atoms with Crippen molar-refractivity contribution in [2.75, 3.05) is 0 Å². The Balaban J connectivity index is 2.04. The van der Waals surface area contributed by atoms with Gasteiger partial charge in [-0.25, -0.2) is 0 Å². The molecule has 124 valence electrons. The van der Waals surface area contributed by atoms with Gasteiger partial charge in [0.2, 0.25) is 0 Å². The molecule has 3 rings (SSSR count). The highest BCUT2D eigenvalue weighted by atomic mass is 32.1. The number of fused-ring (bicyclic) bond motifs is 1. The quantitative estimate of drug-likeness (QED) is 0.694. The van der Waals surface area contributed by atoms with Gasteiger partial charge in [-0.15, -0.1) is 0 Å². The molecule has 0 saturated heterocycles. The summed E-state index contributed by atoms with van der Waals surface area (Å²) in [6.07, 6.45) is 1.36. The van der Waals surface area contributed by atoms with Crippen LogP contribution < -0.4 is 4.80 Å². The molecule has 4 heteroatoms. The first-order chi connectivity index (χ1) is 11.6. The van der Waals surface area contributed by atoms with Gasteiger partial charge < -0.3 is 4.57 Å². The Bertz CT molecular complexity index is 935. The molecule has 0 aliphatic heterocycles. The van der Waals surface area contributed by atoms with Crippen LogP contribution in [0.25, 0.3) is 10.2 Å². The topological polar surface area (TPSA) is 34.4 Å². The first-order valence-corrected chi connectivity index (χ1v) is 9.12. The predicted molar refractivity (Wildman–Crippen MR) is 100 cm³/mol. The minimum atomic E-state index is -0.0916. The van der Waals surface area contributed by atoms with Crippen molar-refractivity contribution in [3.63, 3.8) is 0 Å². The molecule has 0 N–H and O–H groups in total. The third kappa shape index (κ3) is 3.49. The fourth-order valence-electron chi connectivity index (χ4n) is 2.76. The molecule has 0 saturated carbocycles. The highest BCUT2D eigenvalue weighted by Gasteiger charge is 2.09. The Morgan fingerprint density at radius 1 is 1.12 bits per heavy atom. The number of hydrogen-bond donors (Lipinski definition) is 0. The van der Waals surface area contributed by atoms with Crippen LogP contribution in [0.3, 0.4) is 0 Å². The average molecular weight is 338 g/mol. The van der Waals surface area contributed by atoms with Gasteiger partial charge in [0.1, 0.15) is 0 Å². The van der Waals surface area contributed by atoms with E-state index in [0.717, 1.165) is 23.3 Å². The monoisotopic (exact) mass is 338 g/mol. The van der Waals surface area contributed by atoms with Crippen molar-refractivity contribution in [2.24, 2.45) is 4.99 Å². The Morgan fingerprint density at radius 2 is 1.83 bits per heavy atom. The molecule has 0 aliphatic carbocycles. The standard InChI is InChI=1S/C20H22N2OS/c1-4-10-22-17-11-14(2)15(3)12-18(17)24-20(22)21-19(23)13-16-8-6-5-7-9-16/h5-9,11-12H,4,10,13H2,1-3H3. The lowest BCUT2D eigenvalue weighted by molar-refractivity contribution is -0.117. The van der Waals surface area contributed by atoms with E-state index in [1.807, 2.05) is 30.3 Å². The van der Waals surface area contributed by atoms with Crippen molar-refractivity contribution >= 4 is 27.5 Å².